The van der Waals surface area contributed by atoms with E-state index in [2.05, 4.69) is 32.9 Å². The predicted octanol–water partition coefficient (Wildman–Crippen LogP) is 4.82. The van der Waals surface area contributed by atoms with E-state index in [9.17, 15) is 4.79 Å². The number of aromatic nitrogens is 1. The first-order valence-corrected chi connectivity index (χ1v) is 9.74. The minimum absolute atomic E-state index is 0.0614. The zero-order chi connectivity index (χ0) is 17.6. The van der Waals surface area contributed by atoms with Crippen LogP contribution in [0.5, 0.6) is 5.75 Å². The van der Waals surface area contributed by atoms with Gasteiger partial charge in [-0.15, -0.1) is 11.3 Å². The lowest BCUT2D eigenvalue weighted by molar-refractivity contribution is -0.115. The van der Waals surface area contributed by atoms with E-state index in [4.69, 9.17) is 4.74 Å². The average molecular weight is 464 g/mol. The van der Waals surface area contributed by atoms with Crippen LogP contribution in [-0.2, 0) is 17.8 Å². The quantitative estimate of drug-likeness (QED) is 0.533. The maximum atomic E-state index is 12.2. The number of para-hydroxylation sites is 2. The SMILES string of the molecule is Cc1ccccc1NC(=O)Cc1nc(COc2ccccc2I)cs1. The highest BCUT2D eigenvalue weighted by Gasteiger charge is 2.10. The summed E-state index contributed by atoms with van der Waals surface area (Å²) in [6.07, 6.45) is 0.266. The monoisotopic (exact) mass is 464 g/mol. The molecule has 0 unspecified atom stereocenters. The Hall–Kier alpha value is -1.93. The first-order chi connectivity index (χ1) is 12.1. The van der Waals surface area contributed by atoms with Gasteiger partial charge in [-0.25, -0.2) is 4.98 Å². The van der Waals surface area contributed by atoms with Gasteiger partial charge in [0.15, 0.2) is 0 Å². The fraction of sp³-hybridized carbons (Fsp3) is 0.158. The lowest BCUT2D eigenvalue weighted by Gasteiger charge is -2.07. The van der Waals surface area contributed by atoms with Crippen LogP contribution < -0.4 is 10.1 Å². The molecule has 25 heavy (non-hydrogen) atoms. The third-order valence-corrected chi connectivity index (χ3v) is 5.33. The molecule has 1 amide bonds. The molecule has 0 spiro atoms. The Bertz CT molecular complexity index is 879. The molecule has 0 atom stereocenters. The van der Waals surface area contributed by atoms with Crippen LogP contribution in [0.1, 0.15) is 16.3 Å². The van der Waals surface area contributed by atoms with Crippen molar-refractivity contribution < 1.29 is 9.53 Å². The summed E-state index contributed by atoms with van der Waals surface area (Å²) in [5.41, 5.74) is 2.72. The van der Waals surface area contributed by atoms with Crippen molar-refractivity contribution in [3.8, 4) is 5.75 Å². The number of ether oxygens (including phenoxy) is 1. The van der Waals surface area contributed by atoms with Gasteiger partial charge < -0.3 is 10.1 Å². The Morgan fingerprint density at radius 3 is 2.76 bits per heavy atom. The molecular weight excluding hydrogens is 447 g/mol. The standard InChI is InChI=1S/C19H17IN2O2S/c1-13-6-2-4-8-16(13)22-18(23)10-19-21-14(12-25-19)11-24-17-9-5-3-7-15(17)20/h2-9,12H,10-11H2,1H3,(H,22,23). The zero-order valence-corrected chi connectivity index (χ0v) is 16.6. The fourth-order valence-corrected chi connectivity index (χ4v) is 3.58. The van der Waals surface area contributed by atoms with E-state index in [1.807, 2.05) is 60.8 Å². The van der Waals surface area contributed by atoms with Gasteiger partial charge in [-0.05, 0) is 53.3 Å². The number of hydrogen-bond donors (Lipinski definition) is 1. The highest BCUT2D eigenvalue weighted by atomic mass is 127. The molecule has 0 saturated carbocycles. The molecule has 1 N–H and O–H groups in total. The van der Waals surface area contributed by atoms with Crippen LogP contribution >= 0.6 is 33.9 Å². The van der Waals surface area contributed by atoms with Crippen LogP contribution in [0.2, 0.25) is 0 Å². The van der Waals surface area contributed by atoms with Gasteiger partial charge in [0.05, 0.1) is 15.7 Å². The summed E-state index contributed by atoms with van der Waals surface area (Å²) >= 11 is 3.72. The molecule has 2 aromatic carbocycles. The molecule has 0 aliphatic rings. The molecule has 0 aliphatic carbocycles. The Morgan fingerprint density at radius 1 is 1.20 bits per heavy atom. The second-order valence-electron chi connectivity index (χ2n) is 5.49. The van der Waals surface area contributed by atoms with Gasteiger partial charge in [0.2, 0.25) is 5.91 Å². The summed E-state index contributed by atoms with van der Waals surface area (Å²) in [4.78, 5) is 16.7. The van der Waals surface area contributed by atoms with Gasteiger partial charge in [-0.2, -0.15) is 0 Å². The normalized spacial score (nSPS) is 10.5. The van der Waals surface area contributed by atoms with Crippen LogP contribution in [0.3, 0.4) is 0 Å². The Balaban J connectivity index is 1.55. The van der Waals surface area contributed by atoms with Crippen LogP contribution in [0.15, 0.2) is 53.9 Å². The number of anilines is 1. The van der Waals surface area contributed by atoms with Crippen LogP contribution in [0.25, 0.3) is 0 Å². The summed E-state index contributed by atoms with van der Waals surface area (Å²) < 4.78 is 6.85. The van der Waals surface area contributed by atoms with E-state index < -0.39 is 0 Å². The van der Waals surface area contributed by atoms with Crippen molar-refractivity contribution in [3.63, 3.8) is 0 Å². The molecular formula is C19H17IN2O2S. The van der Waals surface area contributed by atoms with Gasteiger partial charge in [0, 0.05) is 11.1 Å². The van der Waals surface area contributed by atoms with Gasteiger partial charge in [0.1, 0.15) is 17.4 Å². The number of thiazole rings is 1. The van der Waals surface area contributed by atoms with Crippen molar-refractivity contribution in [1.82, 2.24) is 4.98 Å². The van der Waals surface area contributed by atoms with Crippen molar-refractivity contribution in [3.05, 3.63) is 73.7 Å². The van der Waals surface area contributed by atoms with Crippen molar-refractivity contribution in [2.45, 2.75) is 20.0 Å². The number of aryl methyl sites for hydroxylation is 1. The molecule has 1 heterocycles. The number of amides is 1. The third-order valence-electron chi connectivity index (χ3n) is 3.54. The van der Waals surface area contributed by atoms with Gasteiger partial charge >= 0.3 is 0 Å². The zero-order valence-electron chi connectivity index (χ0n) is 13.7. The third kappa shape index (κ3) is 5.02. The first kappa shape index (κ1) is 17.9. The van der Waals surface area contributed by atoms with E-state index in [-0.39, 0.29) is 12.3 Å². The van der Waals surface area contributed by atoms with E-state index in [1.54, 1.807) is 0 Å². The lowest BCUT2D eigenvalue weighted by Crippen LogP contribution is -2.15. The molecule has 0 saturated heterocycles. The number of carbonyl (C=O) groups excluding carboxylic acids is 1. The van der Waals surface area contributed by atoms with Crippen molar-refractivity contribution >= 4 is 45.5 Å². The van der Waals surface area contributed by atoms with Crippen molar-refractivity contribution in [2.24, 2.45) is 0 Å². The average Bonchev–Trinajstić information content (AvgIpc) is 3.03. The molecule has 4 nitrogen and oxygen atoms in total. The summed E-state index contributed by atoms with van der Waals surface area (Å²) in [6.45, 7) is 2.37. The topological polar surface area (TPSA) is 51.2 Å². The number of benzene rings is 2. The molecule has 3 aromatic rings. The highest BCUT2D eigenvalue weighted by molar-refractivity contribution is 14.1. The molecule has 0 bridgehead atoms. The Labute approximate surface area is 164 Å². The van der Waals surface area contributed by atoms with E-state index in [1.165, 1.54) is 11.3 Å². The Morgan fingerprint density at radius 2 is 1.96 bits per heavy atom. The fourth-order valence-electron chi connectivity index (χ4n) is 2.25. The molecule has 0 aliphatic heterocycles. The number of nitrogens with one attached hydrogen (secondary N) is 1. The Kier molecular flexibility index (Phi) is 6.04. The molecule has 3 rings (SSSR count). The summed E-state index contributed by atoms with van der Waals surface area (Å²) in [5.74, 6) is 0.781. The van der Waals surface area contributed by atoms with Gasteiger partial charge in [-0.1, -0.05) is 30.3 Å². The first-order valence-electron chi connectivity index (χ1n) is 7.78. The van der Waals surface area contributed by atoms with Crippen molar-refractivity contribution in [2.75, 3.05) is 5.32 Å². The minimum Gasteiger partial charge on any atom is -0.486 e. The minimum atomic E-state index is -0.0614. The molecule has 128 valence electrons. The maximum absolute atomic E-state index is 12.2. The maximum Gasteiger partial charge on any atom is 0.231 e. The smallest absolute Gasteiger partial charge is 0.231 e. The van der Waals surface area contributed by atoms with Crippen molar-refractivity contribution in [1.29, 1.82) is 0 Å². The highest BCUT2D eigenvalue weighted by Crippen LogP contribution is 2.21. The number of hydrogen-bond acceptors (Lipinski definition) is 4. The molecule has 0 fully saturated rings. The number of halogens is 1. The molecule has 6 heteroatoms. The number of rotatable bonds is 6. The van der Waals surface area contributed by atoms with E-state index in [0.29, 0.717) is 6.61 Å². The van der Waals surface area contributed by atoms with Gasteiger partial charge in [0.25, 0.3) is 0 Å². The van der Waals surface area contributed by atoms with Crippen LogP contribution in [-0.4, -0.2) is 10.9 Å². The summed E-state index contributed by atoms with van der Waals surface area (Å²) in [6, 6.07) is 15.6. The number of nitrogens with zero attached hydrogens (tertiary/aromatic N) is 1. The summed E-state index contributed by atoms with van der Waals surface area (Å²) in [5, 5.41) is 5.65. The second kappa shape index (κ2) is 8.44. The van der Waals surface area contributed by atoms with Crippen LogP contribution in [0, 0.1) is 10.5 Å². The van der Waals surface area contributed by atoms with E-state index >= 15 is 0 Å². The molecule has 1 aromatic heterocycles. The van der Waals surface area contributed by atoms with Gasteiger partial charge in [-0.3, -0.25) is 4.79 Å². The molecule has 0 radical (unpaired) electrons. The predicted molar refractivity (Wildman–Crippen MR) is 109 cm³/mol. The second-order valence-corrected chi connectivity index (χ2v) is 7.60. The van der Waals surface area contributed by atoms with E-state index in [0.717, 1.165) is 31.3 Å². The summed E-state index contributed by atoms with van der Waals surface area (Å²) in [7, 11) is 0. The van der Waals surface area contributed by atoms with Crippen LogP contribution in [0.4, 0.5) is 5.69 Å². The lowest BCUT2D eigenvalue weighted by atomic mass is 10.2. The number of carbonyl (C=O) groups is 1. The largest absolute Gasteiger partial charge is 0.486 e.